The summed E-state index contributed by atoms with van der Waals surface area (Å²) in [4.78, 5) is 19.7. The summed E-state index contributed by atoms with van der Waals surface area (Å²) in [7, 11) is 0. The predicted octanol–water partition coefficient (Wildman–Crippen LogP) is 2.81. The molecule has 20 heavy (non-hydrogen) atoms. The van der Waals surface area contributed by atoms with Crippen LogP contribution in [-0.2, 0) is 0 Å². The molecule has 0 amide bonds. The molecule has 3 aromatic rings. The number of thioether (sulfide) groups is 1. The number of fused-ring (bicyclic) bond motifs is 1. The number of imidazole rings is 1. The fourth-order valence-electron chi connectivity index (χ4n) is 2.07. The molecule has 2 heterocycles. The van der Waals surface area contributed by atoms with Crippen molar-refractivity contribution in [2.75, 3.05) is 5.75 Å². The van der Waals surface area contributed by atoms with Gasteiger partial charge in [0.15, 0.2) is 5.16 Å². The van der Waals surface area contributed by atoms with E-state index in [0.717, 1.165) is 27.6 Å². The molecule has 3 rings (SSSR count). The van der Waals surface area contributed by atoms with Gasteiger partial charge in [0.2, 0.25) is 0 Å². The lowest BCUT2D eigenvalue weighted by Gasteiger charge is -2.01. The number of hydrogen-bond acceptors (Lipinski definition) is 4. The summed E-state index contributed by atoms with van der Waals surface area (Å²) in [5, 5.41) is 4.94. The number of benzene rings is 1. The third-order valence-corrected chi connectivity index (χ3v) is 3.80. The van der Waals surface area contributed by atoms with E-state index in [4.69, 9.17) is 0 Å². The van der Waals surface area contributed by atoms with Crippen molar-refractivity contribution >= 4 is 28.7 Å². The summed E-state index contributed by atoms with van der Waals surface area (Å²) in [5.74, 6) is 0.267. The van der Waals surface area contributed by atoms with Crippen LogP contribution in [0, 0.1) is 13.8 Å². The van der Waals surface area contributed by atoms with E-state index < -0.39 is 0 Å². The predicted molar refractivity (Wildman–Crippen MR) is 79.1 cm³/mol. The first-order chi connectivity index (χ1) is 9.63. The number of nitrogens with zero attached hydrogens (tertiary/aromatic N) is 3. The normalized spacial score (nSPS) is 11.1. The Bertz CT molecular complexity index is 741. The second-order valence-corrected chi connectivity index (χ2v) is 5.54. The minimum atomic E-state index is -0.0407. The summed E-state index contributed by atoms with van der Waals surface area (Å²) < 4.78 is 1.45. The Balaban J connectivity index is 1.73. The van der Waals surface area contributed by atoms with Crippen molar-refractivity contribution in [3.05, 3.63) is 41.7 Å². The van der Waals surface area contributed by atoms with Gasteiger partial charge in [0, 0.05) is 5.69 Å². The molecule has 1 aromatic carbocycles. The Morgan fingerprint density at radius 2 is 2.15 bits per heavy atom. The molecule has 0 aliphatic carbocycles. The van der Waals surface area contributed by atoms with Gasteiger partial charge in [0.1, 0.15) is 0 Å². The van der Waals surface area contributed by atoms with Crippen molar-refractivity contribution in [3.63, 3.8) is 0 Å². The van der Waals surface area contributed by atoms with Crippen molar-refractivity contribution in [3.8, 4) is 0 Å². The molecule has 2 aromatic heterocycles. The maximum absolute atomic E-state index is 12.1. The van der Waals surface area contributed by atoms with E-state index in [1.54, 1.807) is 0 Å². The van der Waals surface area contributed by atoms with Gasteiger partial charge in [0.25, 0.3) is 5.91 Å². The highest BCUT2D eigenvalue weighted by Gasteiger charge is 2.12. The van der Waals surface area contributed by atoms with Crippen LogP contribution in [0.5, 0.6) is 0 Å². The molecular formula is C14H14N4OS. The first-order valence-electron chi connectivity index (χ1n) is 6.27. The zero-order chi connectivity index (χ0) is 14.1. The highest BCUT2D eigenvalue weighted by molar-refractivity contribution is 7.99. The molecular weight excluding hydrogens is 272 g/mol. The summed E-state index contributed by atoms with van der Waals surface area (Å²) >= 11 is 1.39. The van der Waals surface area contributed by atoms with Crippen LogP contribution in [0.4, 0.5) is 0 Å². The number of rotatable bonds is 3. The molecule has 0 saturated heterocycles. The maximum Gasteiger partial charge on any atom is 0.257 e. The van der Waals surface area contributed by atoms with E-state index in [9.17, 15) is 4.79 Å². The van der Waals surface area contributed by atoms with Gasteiger partial charge in [-0.1, -0.05) is 23.9 Å². The Kier molecular flexibility index (Phi) is 3.31. The number of carbonyl (C=O) groups is 1. The lowest BCUT2D eigenvalue weighted by atomic mass is 10.3. The Morgan fingerprint density at radius 1 is 1.35 bits per heavy atom. The van der Waals surface area contributed by atoms with Gasteiger partial charge in [0.05, 0.1) is 22.5 Å². The molecule has 0 unspecified atom stereocenters. The Hall–Kier alpha value is -2.08. The van der Waals surface area contributed by atoms with Crippen LogP contribution < -0.4 is 0 Å². The van der Waals surface area contributed by atoms with E-state index in [-0.39, 0.29) is 5.91 Å². The van der Waals surface area contributed by atoms with E-state index in [0.29, 0.717) is 5.75 Å². The fraction of sp³-hybridized carbons (Fsp3) is 0.214. The molecule has 0 bridgehead atoms. The lowest BCUT2D eigenvalue weighted by molar-refractivity contribution is 0.0924. The quantitative estimate of drug-likeness (QED) is 0.752. The standard InChI is InChI=1S/C14H14N4OS/c1-9-7-10(2)18(17-9)13(19)8-20-14-15-11-5-3-4-6-12(11)16-14/h3-7H,8H2,1-2H3,(H,15,16). The number of aromatic amines is 1. The smallest absolute Gasteiger partial charge is 0.257 e. The van der Waals surface area contributed by atoms with Crippen LogP contribution >= 0.6 is 11.8 Å². The number of H-pyrrole nitrogens is 1. The minimum absolute atomic E-state index is 0.0407. The minimum Gasteiger partial charge on any atom is -0.333 e. The van der Waals surface area contributed by atoms with Crippen LogP contribution in [0.15, 0.2) is 35.5 Å². The van der Waals surface area contributed by atoms with E-state index in [1.165, 1.54) is 16.4 Å². The van der Waals surface area contributed by atoms with Gasteiger partial charge in [-0.3, -0.25) is 4.79 Å². The van der Waals surface area contributed by atoms with Gasteiger partial charge >= 0.3 is 0 Å². The van der Waals surface area contributed by atoms with Gasteiger partial charge in [-0.25, -0.2) is 9.67 Å². The van der Waals surface area contributed by atoms with Crippen LogP contribution in [0.2, 0.25) is 0 Å². The molecule has 0 saturated carbocycles. The first kappa shape index (κ1) is 12.9. The molecule has 0 radical (unpaired) electrons. The summed E-state index contributed by atoms with van der Waals surface area (Å²) in [5.41, 5.74) is 3.60. The van der Waals surface area contributed by atoms with Crippen LogP contribution in [0.25, 0.3) is 11.0 Å². The van der Waals surface area contributed by atoms with Gasteiger partial charge in [-0.2, -0.15) is 5.10 Å². The zero-order valence-corrected chi connectivity index (χ0v) is 12.1. The topological polar surface area (TPSA) is 63.6 Å². The number of para-hydroxylation sites is 2. The molecule has 5 nitrogen and oxygen atoms in total. The van der Waals surface area contributed by atoms with Crippen LogP contribution in [-0.4, -0.2) is 31.4 Å². The van der Waals surface area contributed by atoms with E-state index in [2.05, 4.69) is 15.1 Å². The molecule has 0 aliphatic heterocycles. The van der Waals surface area contributed by atoms with Crippen LogP contribution in [0.3, 0.4) is 0 Å². The Labute approximate surface area is 120 Å². The van der Waals surface area contributed by atoms with Crippen LogP contribution in [0.1, 0.15) is 16.2 Å². The monoisotopic (exact) mass is 286 g/mol. The molecule has 0 atom stereocenters. The summed E-state index contributed by atoms with van der Waals surface area (Å²) in [6.07, 6.45) is 0. The molecule has 0 aliphatic rings. The molecule has 102 valence electrons. The third kappa shape index (κ3) is 2.46. The van der Waals surface area contributed by atoms with Gasteiger partial charge < -0.3 is 4.98 Å². The van der Waals surface area contributed by atoms with E-state index >= 15 is 0 Å². The van der Waals surface area contributed by atoms with E-state index in [1.807, 2.05) is 44.2 Å². The number of aryl methyl sites for hydroxylation is 2. The number of aromatic nitrogens is 4. The SMILES string of the molecule is Cc1cc(C)n(C(=O)CSc2nc3ccccc3[nH]2)n1. The highest BCUT2D eigenvalue weighted by atomic mass is 32.2. The molecule has 6 heteroatoms. The van der Waals surface area contributed by atoms with Crippen molar-refractivity contribution in [1.82, 2.24) is 19.7 Å². The molecule has 0 spiro atoms. The second-order valence-electron chi connectivity index (χ2n) is 4.58. The van der Waals surface area contributed by atoms with Gasteiger partial charge in [-0.15, -0.1) is 0 Å². The highest BCUT2D eigenvalue weighted by Crippen LogP contribution is 2.19. The third-order valence-electron chi connectivity index (χ3n) is 2.95. The van der Waals surface area contributed by atoms with Crippen molar-refractivity contribution < 1.29 is 4.79 Å². The summed E-state index contributed by atoms with van der Waals surface area (Å²) in [6.45, 7) is 3.76. The summed E-state index contributed by atoms with van der Waals surface area (Å²) in [6, 6.07) is 9.70. The fourth-order valence-corrected chi connectivity index (χ4v) is 2.80. The maximum atomic E-state index is 12.1. The average molecular weight is 286 g/mol. The number of hydrogen-bond donors (Lipinski definition) is 1. The first-order valence-corrected chi connectivity index (χ1v) is 7.26. The largest absolute Gasteiger partial charge is 0.333 e. The Morgan fingerprint density at radius 3 is 2.85 bits per heavy atom. The van der Waals surface area contributed by atoms with Gasteiger partial charge in [-0.05, 0) is 32.0 Å². The van der Waals surface area contributed by atoms with Crippen molar-refractivity contribution in [2.24, 2.45) is 0 Å². The second kappa shape index (κ2) is 5.13. The molecule has 1 N–H and O–H groups in total. The molecule has 0 fully saturated rings. The lowest BCUT2D eigenvalue weighted by Crippen LogP contribution is -2.16. The van der Waals surface area contributed by atoms with Crippen molar-refractivity contribution in [2.45, 2.75) is 19.0 Å². The number of carbonyl (C=O) groups excluding carboxylic acids is 1. The van der Waals surface area contributed by atoms with Crippen molar-refractivity contribution in [1.29, 1.82) is 0 Å². The zero-order valence-electron chi connectivity index (χ0n) is 11.3. The number of nitrogens with one attached hydrogen (secondary N) is 1. The average Bonchev–Trinajstić information content (AvgIpc) is 2.98.